The minimum atomic E-state index is -0.315. The van der Waals surface area contributed by atoms with Crippen molar-refractivity contribution in [1.82, 2.24) is 0 Å². The molecule has 158 valence electrons. The molecule has 0 saturated heterocycles. The molecule has 0 N–H and O–H groups in total. The second kappa shape index (κ2) is 8.61. The Morgan fingerprint density at radius 3 is 1.94 bits per heavy atom. The number of hydrogen-bond donors (Lipinski definition) is 0. The third-order valence-corrected chi connectivity index (χ3v) is 5.73. The Hall–Kier alpha value is -4.42. The summed E-state index contributed by atoms with van der Waals surface area (Å²) in [5, 5.41) is 0. The predicted octanol–water partition coefficient (Wildman–Crippen LogP) is 5.79. The van der Waals surface area contributed by atoms with Crippen molar-refractivity contribution in [1.29, 1.82) is 0 Å². The summed E-state index contributed by atoms with van der Waals surface area (Å²) in [6, 6.07) is 30.9. The van der Waals surface area contributed by atoms with Crippen LogP contribution in [0.2, 0.25) is 0 Å². The molecule has 0 unspecified atom stereocenters. The maximum absolute atomic E-state index is 13.1. The molecule has 3 nitrogen and oxygen atoms in total. The third kappa shape index (κ3) is 4.20. The summed E-state index contributed by atoms with van der Waals surface area (Å²) in [6.45, 7) is 2.07. The monoisotopic (exact) mass is 427 g/mol. The van der Waals surface area contributed by atoms with E-state index in [4.69, 9.17) is 0 Å². The van der Waals surface area contributed by atoms with Gasteiger partial charge in [-0.15, -0.1) is 0 Å². The normalized spacial score (nSPS) is 12.3. The molecule has 0 atom stereocenters. The molecule has 4 aromatic carbocycles. The number of aryl methyl sites for hydroxylation is 1. The molecule has 0 spiro atoms. The van der Waals surface area contributed by atoms with Crippen molar-refractivity contribution >= 4 is 17.5 Å². The molecule has 0 fully saturated rings. The highest BCUT2D eigenvalue weighted by Gasteiger charge is 2.36. The molecule has 0 saturated carbocycles. The molecule has 33 heavy (non-hydrogen) atoms. The van der Waals surface area contributed by atoms with Gasteiger partial charge in [0, 0.05) is 11.1 Å². The summed E-state index contributed by atoms with van der Waals surface area (Å²) >= 11 is 0. The lowest BCUT2D eigenvalue weighted by Gasteiger charge is -2.14. The molecular formula is C30H21NO2. The smallest absolute Gasteiger partial charge is 0.266 e. The minimum absolute atomic E-state index is 0.302. The van der Waals surface area contributed by atoms with E-state index >= 15 is 0 Å². The van der Waals surface area contributed by atoms with Crippen LogP contribution in [0.25, 0.3) is 0 Å². The van der Waals surface area contributed by atoms with E-state index in [1.165, 1.54) is 16.0 Å². The highest BCUT2D eigenvalue weighted by Crippen LogP contribution is 2.29. The Labute approximate surface area is 193 Å². The van der Waals surface area contributed by atoms with Crippen molar-refractivity contribution < 1.29 is 9.59 Å². The quantitative estimate of drug-likeness (QED) is 0.307. The molecule has 0 aromatic heterocycles. The van der Waals surface area contributed by atoms with Gasteiger partial charge in [0.25, 0.3) is 11.8 Å². The zero-order valence-corrected chi connectivity index (χ0v) is 18.2. The van der Waals surface area contributed by atoms with Crippen LogP contribution < -0.4 is 4.90 Å². The fourth-order valence-electron chi connectivity index (χ4n) is 3.92. The zero-order valence-electron chi connectivity index (χ0n) is 18.2. The Kier molecular flexibility index (Phi) is 5.34. The summed E-state index contributed by atoms with van der Waals surface area (Å²) in [5.74, 6) is 5.56. The summed E-state index contributed by atoms with van der Waals surface area (Å²) < 4.78 is 0. The van der Waals surface area contributed by atoms with Gasteiger partial charge >= 0.3 is 0 Å². The molecule has 5 rings (SSSR count). The van der Waals surface area contributed by atoms with Crippen molar-refractivity contribution in [3.63, 3.8) is 0 Å². The van der Waals surface area contributed by atoms with Gasteiger partial charge in [-0.25, -0.2) is 4.90 Å². The lowest BCUT2D eigenvalue weighted by Crippen LogP contribution is -2.29. The predicted molar refractivity (Wildman–Crippen MR) is 130 cm³/mol. The van der Waals surface area contributed by atoms with Gasteiger partial charge in [0.15, 0.2) is 0 Å². The number of amides is 2. The molecule has 3 heteroatoms. The molecule has 1 aliphatic heterocycles. The van der Waals surface area contributed by atoms with E-state index in [0.717, 1.165) is 17.5 Å². The molecule has 4 aromatic rings. The van der Waals surface area contributed by atoms with E-state index in [9.17, 15) is 9.59 Å². The van der Waals surface area contributed by atoms with Gasteiger partial charge in [-0.05, 0) is 66.9 Å². The lowest BCUT2D eigenvalue weighted by atomic mass is 10.0. The maximum Gasteiger partial charge on any atom is 0.266 e. The topological polar surface area (TPSA) is 37.4 Å². The van der Waals surface area contributed by atoms with Crippen molar-refractivity contribution in [3.8, 4) is 11.8 Å². The molecular weight excluding hydrogens is 406 g/mol. The molecule has 0 bridgehead atoms. The number of carbonyl (C=O) groups excluding carboxylic acids is 2. The highest BCUT2D eigenvalue weighted by molar-refractivity contribution is 6.34. The van der Waals surface area contributed by atoms with Crippen LogP contribution in [0.3, 0.4) is 0 Å². The van der Waals surface area contributed by atoms with Crippen LogP contribution in [0, 0.1) is 18.8 Å². The zero-order chi connectivity index (χ0) is 22.8. The summed E-state index contributed by atoms with van der Waals surface area (Å²) in [6.07, 6.45) is 0.798. The van der Waals surface area contributed by atoms with E-state index < -0.39 is 0 Å². The Bertz CT molecular complexity index is 1410. The number of benzene rings is 4. The highest BCUT2D eigenvalue weighted by atomic mass is 16.2. The second-order valence-electron chi connectivity index (χ2n) is 8.15. The van der Waals surface area contributed by atoms with Crippen LogP contribution >= 0.6 is 0 Å². The van der Waals surface area contributed by atoms with Gasteiger partial charge in [-0.3, -0.25) is 9.59 Å². The number of fused-ring (bicyclic) bond motifs is 1. The van der Waals surface area contributed by atoms with Crippen LogP contribution in [0.5, 0.6) is 0 Å². The second-order valence-corrected chi connectivity index (χ2v) is 8.15. The van der Waals surface area contributed by atoms with Gasteiger partial charge in [-0.1, -0.05) is 72.0 Å². The van der Waals surface area contributed by atoms with Crippen LogP contribution in [-0.4, -0.2) is 11.8 Å². The standard InChI is InChI=1S/C30H21NO2/c1-21-7-9-23(10-8-21)19-24-13-16-26(17-14-24)31-29(32)27-18-15-25(20-28(27)30(31)33)12-11-22-5-3-2-4-6-22/h2-10,13-18,20H,19H2,1H3. The van der Waals surface area contributed by atoms with Crippen molar-refractivity contribution in [2.75, 3.05) is 4.90 Å². The Morgan fingerprint density at radius 2 is 1.24 bits per heavy atom. The van der Waals surface area contributed by atoms with Crippen molar-refractivity contribution in [2.24, 2.45) is 0 Å². The Morgan fingerprint density at radius 1 is 0.636 bits per heavy atom. The van der Waals surface area contributed by atoms with Gasteiger partial charge in [-0.2, -0.15) is 0 Å². The fourth-order valence-corrected chi connectivity index (χ4v) is 3.92. The number of carbonyl (C=O) groups is 2. The van der Waals surface area contributed by atoms with Gasteiger partial charge in [0.1, 0.15) is 0 Å². The molecule has 0 radical (unpaired) electrons. The van der Waals surface area contributed by atoms with Crippen LogP contribution in [0.15, 0.2) is 97.1 Å². The van der Waals surface area contributed by atoms with Gasteiger partial charge in [0.2, 0.25) is 0 Å². The summed E-state index contributed by atoms with van der Waals surface area (Å²) in [4.78, 5) is 27.3. The molecule has 0 aliphatic carbocycles. The number of nitrogens with zero attached hydrogens (tertiary/aromatic N) is 1. The summed E-state index contributed by atoms with van der Waals surface area (Å²) in [7, 11) is 0. The van der Waals surface area contributed by atoms with E-state index in [-0.39, 0.29) is 11.8 Å². The van der Waals surface area contributed by atoms with Gasteiger partial charge in [0.05, 0.1) is 16.8 Å². The first-order chi connectivity index (χ1) is 16.1. The largest absolute Gasteiger partial charge is 0.268 e. The molecule has 1 aliphatic rings. The van der Waals surface area contributed by atoms with E-state index in [1.807, 2.05) is 54.6 Å². The van der Waals surface area contributed by atoms with E-state index in [2.05, 4.69) is 43.0 Å². The number of hydrogen-bond acceptors (Lipinski definition) is 2. The van der Waals surface area contributed by atoms with Crippen molar-refractivity contribution in [2.45, 2.75) is 13.3 Å². The Balaban J connectivity index is 1.37. The first-order valence-corrected chi connectivity index (χ1v) is 10.8. The van der Waals surface area contributed by atoms with Crippen LogP contribution in [0.1, 0.15) is 48.5 Å². The fraction of sp³-hybridized carbons (Fsp3) is 0.0667. The first-order valence-electron chi connectivity index (χ1n) is 10.8. The van der Waals surface area contributed by atoms with Gasteiger partial charge < -0.3 is 0 Å². The molecule has 2 amide bonds. The number of anilines is 1. The number of imide groups is 1. The third-order valence-electron chi connectivity index (χ3n) is 5.73. The van der Waals surface area contributed by atoms with Crippen molar-refractivity contribution in [3.05, 3.63) is 136 Å². The SMILES string of the molecule is Cc1ccc(Cc2ccc(N3C(=O)c4ccc(C#Cc5ccccc5)cc4C3=O)cc2)cc1. The lowest BCUT2D eigenvalue weighted by molar-refractivity contribution is 0.0926. The van der Waals surface area contributed by atoms with E-state index in [1.54, 1.807) is 18.2 Å². The number of rotatable bonds is 3. The maximum atomic E-state index is 13.1. The summed E-state index contributed by atoms with van der Waals surface area (Å²) in [5.41, 5.74) is 6.55. The average molecular weight is 428 g/mol. The minimum Gasteiger partial charge on any atom is -0.268 e. The van der Waals surface area contributed by atoms with Crippen LogP contribution in [0.4, 0.5) is 5.69 Å². The average Bonchev–Trinajstić information content (AvgIpc) is 3.10. The molecule has 1 heterocycles. The van der Waals surface area contributed by atoms with E-state index in [0.29, 0.717) is 22.4 Å². The first kappa shape index (κ1) is 20.5. The van der Waals surface area contributed by atoms with Crippen LogP contribution in [-0.2, 0) is 6.42 Å².